The van der Waals surface area contributed by atoms with Gasteiger partial charge in [0.2, 0.25) is 0 Å². The summed E-state index contributed by atoms with van der Waals surface area (Å²) < 4.78 is 0. The fraction of sp³-hybridized carbons (Fsp3) is 0.385. The van der Waals surface area contributed by atoms with Gasteiger partial charge in [-0.1, -0.05) is 25.8 Å². The number of unbranched alkanes of at least 4 members (excludes halogenated alkanes) is 1. The smallest absolute Gasteiger partial charge is 0.326 e. The highest BCUT2D eigenvalue weighted by molar-refractivity contribution is 5.92. The molecule has 2 amide bonds. The number of carboxylic acid groups (broad SMARTS) is 1. The lowest BCUT2D eigenvalue weighted by Gasteiger charge is -2.14. The summed E-state index contributed by atoms with van der Waals surface area (Å²) in [6.45, 7) is 1.92. The molecule has 114 valence electrons. The number of aliphatic carboxylic acids is 1. The van der Waals surface area contributed by atoms with Gasteiger partial charge in [0.05, 0.1) is 4.92 Å². The molecule has 0 saturated carbocycles. The summed E-state index contributed by atoms with van der Waals surface area (Å²) in [5.74, 6) is -1.11. The molecule has 8 nitrogen and oxygen atoms in total. The van der Waals surface area contributed by atoms with Crippen molar-refractivity contribution >= 4 is 23.4 Å². The van der Waals surface area contributed by atoms with Gasteiger partial charge in [0, 0.05) is 17.8 Å². The summed E-state index contributed by atoms with van der Waals surface area (Å²) in [6.07, 6.45) is 1.82. The third-order valence-electron chi connectivity index (χ3n) is 2.76. The van der Waals surface area contributed by atoms with Crippen molar-refractivity contribution in [3.63, 3.8) is 0 Å². The van der Waals surface area contributed by atoms with Crippen LogP contribution in [0.5, 0.6) is 0 Å². The van der Waals surface area contributed by atoms with Gasteiger partial charge in [-0.15, -0.1) is 0 Å². The second-order valence-electron chi connectivity index (χ2n) is 4.44. The first-order chi connectivity index (χ1) is 9.93. The van der Waals surface area contributed by atoms with Crippen LogP contribution in [0.1, 0.15) is 26.2 Å². The number of urea groups is 1. The monoisotopic (exact) mass is 295 g/mol. The van der Waals surface area contributed by atoms with Crippen LogP contribution in [0.4, 0.5) is 16.2 Å². The number of amides is 2. The van der Waals surface area contributed by atoms with Crippen molar-refractivity contribution in [2.45, 2.75) is 32.2 Å². The Balaban J connectivity index is 2.65. The molecular weight excluding hydrogens is 278 g/mol. The maximum Gasteiger partial charge on any atom is 0.326 e. The van der Waals surface area contributed by atoms with Crippen molar-refractivity contribution in [3.05, 3.63) is 34.4 Å². The highest BCUT2D eigenvalue weighted by Crippen LogP contribution is 2.16. The number of nitrogens with zero attached hydrogens (tertiary/aromatic N) is 1. The van der Waals surface area contributed by atoms with Gasteiger partial charge in [0.1, 0.15) is 6.04 Å². The molecule has 0 fully saturated rings. The van der Waals surface area contributed by atoms with Gasteiger partial charge in [0.15, 0.2) is 0 Å². The van der Waals surface area contributed by atoms with Crippen LogP contribution < -0.4 is 10.6 Å². The number of hydrogen-bond donors (Lipinski definition) is 3. The van der Waals surface area contributed by atoms with Gasteiger partial charge in [-0.3, -0.25) is 10.1 Å². The molecule has 0 aliphatic heterocycles. The van der Waals surface area contributed by atoms with Crippen molar-refractivity contribution in [1.82, 2.24) is 5.32 Å². The Hall–Kier alpha value is -2.64. The van der Waals surface area contributed by atoms with E-state index in [1.54, 1.807) is 0 Å². The van der Waals surface area contributed by atoms with Crippen LogP contribution in [0.3, 0.4) is 0 Å². The second kappa shape index (κ2) is 7.83. The fourth-order valence-electron chi connectivity index (χ4n) is 1.69. The van der Waals surface area contributed by atoms with E-state index >= 15 is 0 Å². The largest absolute Gasteiger partial charge is 0.480 e. The van der Waals surface area contributed by atoms with Crippen molar-refractivity contribution in [2.75, 3.05) is 5.32 Å². The molecule has 0 spiro atoms. The van der Waals surface area contributed by atoms with E-state index in [9.17, 15) is 19.7 Å². The summed E-state index contributed by atoms with van der Waals surface area (Å²) in [4.78, 5) is 32.8. The predicted molar refractivity (Wildman–Crippen MR) is 76.2 cm³/mol. The molecule has 3 N–H and O–H groups in total. The van der Waals surface area contributed by atoms with Crippen LogP contribution in [0, 0.1) is 10.1 Å². The van der Waals surface area contributed by atoms with Gasteiger partial charge in [0.25, 0.3) is 5.69 Å². The maximum atomic E-state index is 11.7. The molecule has 0 aliphatic carbocycles. The Morgan fingerprint density at radius 2 is 2.14 bits per heavy atom. The summed E-state index contributed by atoms with van der Waals surface area (Å²) in [5.41, 5.74) is 0.0647. The molecule has 1 aromatic carbocycles. The predicted octanol–water partition coefficient (Wildman–Crippen LogP) is 2.36. The quantitative estimate of drug-likeness (QED) is 0.526. The van der Waals surface area contributed by atoms with Crippen LogP contribution in [0.15, 0.2) is 24.3 Å². The molecule has 0 bridgehead atoms. The summed E-state index contributed by atoms with van der Waals surface area (Å²) in [6, 6.07) is 3.71. The third-order valence-corrected chi connectivity index (χ3v) is 2.76. The Morgan fingerprint density at radius 1 is 1.43 bits per heavy atom. The van der Waals surface area contributed by atoms with Crippen LogP contribution in [0.25, 0.3) is 0 Å². The third kappa shape index (κ3) is 5.47. The highest BCUT2D eigenvalue weighted by atomic mass is 16.6. The average Bonchev–Trinajstić information content (AvgIpc) is 2.43. The number of nitro groups is 1. The van der Waals surface area contributed by atoms with E-state index in [1.165, 1.54) is 24.3 Å². The first-order valence-electron chi connectivity index (χ1n) is 6.48. The second-order valence-corrected chi connectivity index (χ2v) is 4.44. The minimum atomic E-state index is -1.11. The number of carboxylic acids is 1. The molecule has 0 aromatic heterocycles. The van der Waals surface area contributed by atoms with E-state index in [1.807, 2.05) is 6.92 Å². The number of anilines is 1. The zero-order chi connectivity index (χ0) is 15.8. The van der Waals surface area contributed by atoms with E-state index in [2.05, 4.69) is 10.6 Å². The molecule has 1 rings (SSSR count). The molecule has 0 heterocycles. The maximum absolute atomic E-state index is 11.7. The lowest BCUT2D eigenvalue weighted by Crippen LogP contribution is -2.42. The number of non-ortho nitro benzene ring substituents is 1. The number of hydrogen-bond acceptors (Lipinski definition) is 4. The number of benzene rings is 1. The summed E-state index contributed by atoms with van der Waals surface area (Å²) in [5, 5.41) is 24.3. The van der Waals surface area contributed by atoms with E-state index in [-0.39, 0.29) is 11.4 Å². The molecule has 0 saturated heterocycles. The molecular formula is C13H17N3O5. The van der Waals surface area contributed by atoms with Crippen molar-refractivity contribution in [1.29, 1.82) is 0 Å². The number of rotatable bonds is 7. The SMILES string of the molecule is CCCC[C@H](NC(=O)Nc1cccc([N+](=O)[O-])c1)C(=O)O. The first kappa shape index (κ1) is 16.4. The average molecular weight is 295 g/mol. The van der Waals surface area contributed by atoms with Crippen molar-refractivity contribution in [3.8, 4) is 0 Å². The van der Waals surface area contributed by atoms with Gasteiger partial charge >= 0.3 is 12.0 Å². The van der Waals surface area contributed by atoms with E-state index in [0.29, 0.717) is 12.8 Å². The number of nitro benzene ring substituents is 1. The molecule has 1 aromatic rings. The fourth-order valence-corrected chi connectivity index (χ4v) is 1.69. The summed E-state index contributed by atoms with van der Waals surface area (Å²) >= 11 is 0. The Bertz CT molecular complexity index is 532. The Labute approximate surface area is 121 Å². The topological polar surface area (TPSA) is 122 Å². The van der Waals surface area contributed by atoms with Gasteiger partial charge in [-0.25, -0.2) is 9.59 Å². The van der Waals surface area contributed by atoms with Gasteiger partial charge in [-0.05, 0) is 12.5 Å². The number of carbonyl (C=O) groups excluding carboxylic acids is 1. The molecule has 1 atom stereocenters. The van der Waals surface area contributed by atoms with E-state index in [0.717, 1.165) is 6.42 Å². The Morgan fingerprint density at radius 3 is 2.71 bits per heavy atom. The number of carbonyl (C=O) groups is 2. The zero-order valence-electron chi connectivity index (χ0n) is 11.5. The van der Waals surface area contributed by atoms with Crippen LogP contribution >= 0.6 is 0 Å². The molecule has 0 aliphatic rings. The standard InChI is InChI=1S/C13H17N3O5/c1-2-3-7-11(12(17)18)15-13(19)14-9-5-4-6-10(8-9)16(20)21/h4-6,8,11H,2-3,7H2,1H3,(H,17,18)(H2,14,15,19)/t11-/m0/s1. The van der Waals surface area contributed by atoms with Gasteiger partial charge < -0.3 is 15.7 Å². The van der Waals surface area contributed by atoms with Gasteiger partial charge in [-0.2, -0.15) is 0 Å². The number of nitrogens with one attached hydrogen (secondary N) is 2. The minimum Gasteiger partial charge on any atom is -0.480 e. The first-order valence-corrected chi connectivity index (χ1v) is 6.48. The molecule has 21 heavy (non-hydrogen) atoms. The molecule has 0 radical (unpaired) electrons. The van der Waals surface area contributed by atoms with Crippen molar-refractivity contribution < 1.29 is 19.6 Å². The summed E-state index contributed by atoms with van der Waals surface area (Å²) in [7, 11) is 0. The lowest BCUT2D eigenvalue weighted by atomic mass is 10.1. The molecule has 0 unspecified atom stereocenters. The van der Waals surface area contributed by atoms with Crippen LogP contribution in [-0.4, -0.2) is 28.1 Å². The Kier molecular flexibility index (Phi) is 6.12. The minimum absolute atomic E-state index is 0.159. The highest BCUT2D eigenvalue weighted by Gasteiger charge is 2.19. The van der Waals surface area contributed by atoms with Crippen molar-refractivity contribution in [2.24, 2.45) is 0 Å². The van der Waals surface area contributed by atoms with E-state index in [4.69, 9.17) is 5.11 Å². The normalized spacial score (nSPS) is 11.5. The zero-order valence-corrected chi connectivity index (χ0v) is 11.5. The van der Waals surface area contributed by atoms with Crippen LogP contribution in [0.2, 0.25) is 0 Å². The molecule has 8 heteroatoms. The van der Waals surface area contributed by atoms with Crippen LogP contribution in [-0.2, 0) is 4.79 Å². The van der Waals surface area contributed by atoms with E-state index < -0.39 is 23.0 Å². The lowest BCUT2D eigenvalue weighted by molar-refractivity contribution is -0.384.